The van der Waals surface area contributed by atoms with Gasteiger partial charge in [-0.25, -0.2) is 4.79 Å². The number of esters is 1. The molecule has 0 bridgehead atoms. The van der Waals surface area contributed by atoms with Crippen LogP contribution in [-0.4, -0.2) is 12.6 Å². The molecule has 3 heteroatoms. The zero-order valence-corrected chi connectivity index (χ0v) is 9.46. The number of cyclic esters (lactones) is 1. The number of fused-ring (bicyclic) bond motifs is 2. The van der Waals surface area contributed by atoms with Gasteiger partial charge in [0.2, 0.25) is 0 Å². The minimum Gasteiger partial charge on any atom is -0.462 e. The van der Waals surface area contributed by atoms with Gasteiger partial charge in [-0.1, -0.05) is 35.9 Å². The van der Waals surface area contributed by atoms with E-state index in [0.29, 0.717) is 17.2 Å². The van der Waals surface area contributed by atoms with Crippen molar-refractivity contribution in [3.63, 3.8) is 0 Å². The van der Waals surface area contributed by atoms with Gasteiger partial charge in [-0.3, -0.25) is 0 Å². The van der Waals surface area contributed by atoms with Crippen molar-refractivity contribution in [3.8, 4) is 0 Å². The number of rotatable bonds is 0. The molecule has 0 radical (unpaired) electrons. The Morgan fingerprint density at radius 1 is 1.31 bits per heavy atom. The van der Waals surface area contributed by atoms with Crippen LogP contribution in [0.25, 0.3) is 5.03 Å². The molecule has 1 aliphatic carbocycles. The zero-order valence-electron chi connectivity index (χ0n) is 8.70. The highest BCUT2D eigenvalue weighted by molar-refractivity contribution is 6.51. The standard InChI is InChI=1S/C13H11ClO2/c14-12-10-4-2-1-3-8(10)5-6-9-7-16-13(15)11(9)12/h1-4,9H,5-7H2. The molecular formula is C13H11ClO2. The summed E-state index contributed by atoms with van der Waals surface area (Å²) in [6.45, 7) is 0.484. The van der Waals surface area contributed by atoms with E-state index in [9.17, 15) is 4.79 Å². The predicted octanol–water partition coefficient (Wildman–Crippen LogP) is 2.76. The van der Waals surface area contributed by atoms with E-state index < -0.39 is 0 Å². The fourth-order valence-corrected chi connectivity index (χ4v) is 2.84. The molecule has 2 nitrogen and oxygen atoms in total. The average Bonchev–Trinajstić information content (AvgIpc) is 2.60. The third-order valence-corrected chi connectivity index (χ3v) is 3.70. The van der Waals surface area contributed by atoms with Crippen molar-refractivity contribution >= 4 is 22.6 Å². The molecule has 16 heavy (non-hydrogen) atoms. The van der Waals surface area contributed by atoms with E-state index in [1.54, 1.807) is 0 Å². The smallest absolute Gasteiger partial charge is 0.335 e. The highest BCUT2D eigenvalue weighted by Gasteiger charge is 2.35. The molecule has 0 aromatic heterocycles. The van der Waals surface area contributed by atoms with Gasteiger partial charge < -0.3 is 4.74 Å². The van der Waals surface area contributed by atoms with Gasteiger partial charge in [-0.05, 0) is 24.0 Å². The van der Waals surface area contributed by atoms with Gasteiger partial charge >= 0.3 is 5.97 Å². The number of ether oxygens (including phenoxy) is 1. The lowest BCUT2D eigenvalue weighted by Crippen LogP contribution is -2.03. The summed E-state index contributed by atoms with van der Waals surface area (Å²) >= 11 is 6.33. The Labute approximate surface area is 98.9 Å². The largest absolute Gasteiger partial charge is 0.462 e. The highest BCUT2D eigenvalue weighted by Crippen LogP contribution is 2.39. The lowest BCUT2D eigenvalue weighted by molar-refractivity contribution is -0.135. The molecule has 1 aromatic carbocycles. The molecule has 2 aliphatic rings. The van der Waals surface area contributed by atoms with Gasteiger partial charge in [0.15, 0.2) is 0 Å². The van der Waals surface area contributed by atoms with Gasteiger partial charge in [0, 0.05) is 5.92 Å². The third kappa shape index (κ3) is 1.37. The maximum atomic E-state index is 11.6. The van der Waals surface area contributed by atoms with Crippen molar-refractivity contribution in [2.75, 3.05) is 6.61 Å². The van der Waals surface area contributed by atoms with Gasteiger partial charge in [-0.2, -0.15) is 0 Å². The molecule has 0 spiro atoms. The SMILES string of the molecule is O=C1OCC2CCc3ccccc3C(Cl)=C12. The van der Waals surface area contributed by atoms with Gasteiger partial charge in [0.25, 0.3) is 0 Å². The van der Waals surface area contributed by atoms with Crippen LogP contribution in [0.2, 0.25) is 0 Å². The Balaban J connectivity index is 2.20. The Morgan fingerprint density at radius 2 is 2.12 bits per heavy atom. The van der Waals surface area contributed by atoms with Crippen LogP contribution in [0.4, 0.5) is 0 Å². The summed E-state index contributed by atoms with van der Waals surface area (Å²) in [6, 6.07) is 8.00. The molecule has 82 valence electrons. The van der Waals surface area contributed by atoms with Crippen molar-refractivity contribution in [2.24, 2.45) is 5.92 Å². The van der Waals surface area contributed by atoms with Crippen LogP contribution >= 0.6 is 11.6 Å². The van der Waals surface area contributed by atoms with Gasteiger partial charge in [0.05, 0.1) is 17.2 Å². The molecule has 0 saturated carbocycles. The summed E-state index contributed by atoms with van der Waals surface area (Å²) in [6.07, 6.45) is 1.89. The molecule has 3 rings (SSSR count). The quantitative estimate of drug-likeness (QED) is 0.646. The van der Waals surface area contributed by atoms with Crippen LogP contribution < -0.4 is 0 Å². The van der Waals surface area contributed by atoms with Crippen LogP contribution in [0, 0.1) is 5.92 Å². The molecule has 0 amide bonds. The number of hydrogen-bond acceptors (Lipinski definition) is 2. The highest BCUT2D eigenvalue weighted by atomic mass is 35.5. The number of carbonyl (C=O) groups is 1. The normalized spacial score (nSPS) is 23.6. The van der Waals surface area contributed by atoms with E-state index in [1.165, 1.54) is 5.56 Å². The van der Waals surface area contributed by atoms with Gasteiger partial charge in [0.1, 0.15) is 0 Å². The van der Waals surface area contributed by atoms with E-state index in [2.05, 4.69) is 6.07 Å². The fourth-order valence-electron chi connectivity index (χ4n) is 2.43. The number of benzene rings is 1. The Bertz CT molecular complexity index is 490. The topological polar surface area (TPSA) is 26.3 Å². The third-order valence-electron chi connectivity index (χ3n) is 3.30. The van der Waals surface area contributed by atoms with E-state index >= 15 is 0 Å². The second kappa shape index (κ2) is 3.63. The molecule has 1 heterocycles. The first kappa shape index (κ1) is 9.91. The summed E-state index contributed by atoms with van der Waals surface area (Å²) < 4.78 is 5.06. The van der Waals surface area contributed by atoms with Crippen LogP contribution in [0.5, 0.6) is 0 Å². The van der Waals surface area contributed by atoms with Crippen molar-refractivity contribution < 1.29 is 9.53 Å². The maximum Gasteiger partial charge on any atom is 0.335 e. The van der Waals surface area contributed by atoms with Crippen molar-refractivity contribution in [1.29, 1.82) is 0 Å². The lowest BCUT2D eigenvalue weighted by atomic mass is 9.98. The van der Waals surface area contributed by atoms with Crippen molar-refractivity contribution in [2.45, 2.75) is 12.8 Å². The first-order valence-corrected chi connectivity index (χ1v) is 5.80. The van der Waals surface area contributed by atoms with Crippen molar-refractivity contribution in [3.05, 3.63) is 41.0 Å². The molecule has 1 fully saturated rings. The second-order valence-corrected chi connectivity index (χ2v) is 4.60. The van der Waals surface area contributed by atoms with E-state index in [4.69, 9.17) is 16.3 Å². The summed E-state index contributed by atoms with van der Waals surface area (Å²) in [4.78, 5) is 11.6. The monoisotopic (exact) mass is 234 g/mol. The second-order valence-electron chi connectivity index (χ2n) is 4.22. The predicted molar refractivity (Wildman–Crippen MR) is 62.0 cm³/mol. The number of halogens is 1. The van der Waals surface area contributed by atoms with Crippen molar-refractivity contribution in [1.82, 2.24) is 0 Å². The Hall–Kier alpha value is -1.28. The van der Waals surface area contributed by atoms with Crippen LogP contribution in [0.3, 0.4) is 0 Å². The van der Waals surface area contributed by atoms with Crippen LogP contribution in [0.1, 0.15) is 17.5 Å². The molecule has 0 N–H and O–H groups in total. The summed E-state index contributed by atoms with van der Waals surface area (Å²) in [5.41, 5.74) is 2.88. The number of hydrogen-bond donors (Lipinski definition) is 0. The lowest BCUT2D eigenvalue weighted by Gasteiger charge is -2.05. The summed E-state index contributed by atoms with van der Waals surface area (Å²) in [5, 5.41) is 0.584. The minimum absolute atomic E-state index is 0.174. The van der Waals surface area contributed by atoms with Gasteiger partial charge in [-0.15, -0.1) is 0 Å². The first-order valence-electron chi connectivity index (χ1n) is 5.42. The van der Waals surface area contributed by atoms with E-state index in [0.717, 1.165) is 18.4 Å². The van der Waals surface area contributed by atoms with E-state index in [1.807, 2.05) is 18.2 Å². The number of aryl methyl sites for hydroxylation is 1. The van der Waals surface area contributed by atoms with E-state index in [-0.39, 0.29) is 11.9 Å². The zero-order chi connectivity index (χ0) is 11.1. The van der Waals surface area contributed by atoms with Crippen LogP contribution in [-0.2, 0) is 16.0 Å². The average molecular weight is 235 g/mol. The van der Waals surface area contributed by atoms with Crippen LogP contribution in [0.15, 0.2) is 29.8 Å². The molecule has 1 atom stereocenters. The summed E-state index contributed by atoms with van der Waals surface area (Å²) in [5.74, 6) is -0.0703. The maximum absolute atomic E-state index is 11.6. The molecule has 1 aromatic rings. The Morgan fingerprint density at radius 3 is 3.00 bits per heavy atom. The summed E-state index contributed by atoms with van der Waals surface area (Å²) in [7, 11) is 0. The first-order chi connectivity index (χ1) is 7.77. The number of carbonyl (C=O) groups excluding carboxylic acids is 1. The molecular weight excluding hydrogens is 224 g/mol. The fraction of sp³-hybridized carbons (Fsp3) is 0.308. The molecule has 1 saturated heterocycles. The molecule has 1 unspecified atom stereocenters. The minimum atomic E-state index is -0.244. The Kier molecular flexibility index (Phi) is 2.25. The molecule has 1 aliphatic heterocycles.